The Labute approximate surface area is 86.3 Å². The summed E-state index contributed by atoms with van der Waals surface area (Å²) in [4.78, 5) is 0. The summed E-state index contributed by atoms with van der Waals surface area (Å²) in [6.07, 6.45) is 7.32. The summed E-state index contributed by atoms with van der Waals surface area (Å²) in [7, 11) is 0. The highest BCUT2D eigenvalue weighted by atomic mass is 14.0. The first-order valence-corrected chi connectivity index (χ1v) is 5.11. The molecule has 0 heterocycles. The smallest absolute Gasteiger partial charge is 0.0155 e. The largest absolute Gasteiger partial charge is 0.0909 e. The molecule has 0 radical (unpaired) electrons. The maximum atomic E-state index is 4.12. The maximum Gasteiger partial charge on any atom is -0.0155 e. The topological polar surface area (TPSA) is 0 Å². The van der Waals surface area contributed by atoms with Gasteiger partial charge in [0.15, 0.2) is 0 Å². The van der Waals surface area contributed by atoms with Crippen LogP contribution in [0, 0.1) is 6.92 Å². The Hall–Kier alpha value is -1.30. The summed E-state index contributed by atoms with van der Waals surface area (Å²) in [5, 5.41) is 2.44. The molecule has 0 amide bonds. The van der Waals surface area contributed by atoms with Gasteiger partial charge in [0, 0.05) is 0 Å². The second-order valence-electron chi connectivity index (χ2n) is 3.48. The highest BCUT2D eigenvalue weighted by molar-refractivity contribution is 5.42. The number of benzene rings is 1. The van der Waals surface area contributed by atoms with Crippen molar-refractivity contribution in [2.45, 2.75) is 27.2 Å². The predicted octanol–water partition coefficient (Wildman–Crippen LogP) is 2.32. The van der Waals surface area contributed by atoms with Gasteiger partial charge in [-0.25, -0.2) is 0 Å². The zero-order chi connectivity index (χ0) is 10.6. The van der Waals surface area contributed by atoms with E-state index in [1.807, 2.05) is 13.0 Å². The van der Waals surface area contributed by atoms with Gasteiger partial charge in [0.25, 0.3) is 0 Å². The summed E-state index contributed by atoms with van der Waals surface area (Å²) >= 11 is 0. The molecule has 1 aromatic rings. The van der Waals surface area contributed by atoms with E-state index in [0.717, 1.165) is 11.6 Å². The van der Waals surface area contributed by atoms with Gasteiger partial charge in [-0.05, 0) is 41.8 Å². The fourth-order valence-electron chi connectivity index (χ4n) is 1.53. The highest BCUT2D eigenvalue weighted by Crippen LogP contribution is 1.93. The molecule has 74 valence electrons. The number of allylic oxidation sites excluding steroid dienone is 2. The maximum absolute atomic E-state index is 4.12. The number of hydrogen-bond acceptors (Lipinski definition) is 0. The van der Waals surface area contributed by atoms with Crippen LogP contribution in [0.15, 0.2) is 24.3 Å². The molecule has 0 aliphatic heterocycles. The van der Waals surface area contributed by atoms with Gasteiger partial charge in [-0.15, -0.1) is 0 Å². The second-order valence-corrected chi connectivity index (χ2v) is 3.48. The first-order chi connectivity index (χ1) is 6.70. The van der Waals surface area contributed by atoms with Gasteiger partial charge in [-0.3, -0.25) is 0 Å². The van der Waals surface area contributed by atoms with Gasteiger partial charge < -0.3 is 0 Å². The molecule has 0 atom stereocenters. The average Bonchev–Trinajstić information content (AvgIpc) is 2.20. The van der Waals surface area contributed by atoms with E-state index >= 15 is 0 Å². The van der Waals surface area contributed by atoms with Crippen molar-refractivity contribution in [1.82, 2.24) is 0 Å². The van der Waals surface area contributed by atoms with Crippen LogP contribution in [0.4, 0.5) is 0 Å². The Morgan fingerprint density at radius 2 is 2.07 bits per heavy atom. The van der Waals surface area contributed by atoms with Crippen molar-refractivity contribution < 1.29 is 0 Å². The van der Waals surface area contributed by atoms with Crippen LogP contribution in [0.5, 0.6) is 0 Å². The van der Waals surface area contributed by atoms with E-state index in [-0.39, 0.29) is 0 Å². The quantitative estimate of drug-likeness (QED) is 0.665. The molecule has 0 aliphatic rings. The van der Waals surface area contributed by atoms with Crippen LogP contribution < -0.4 is 10.4 Å². The third-order valence-electron chi connectivity index (χ3n) is 2.52. The summed E-state index contributed by atoms with van der Waals surface area (Å²) in [6, 6.07) is 4.34. The van der Waals surface area contributed by atoms with E-state index < -0.39 is 0 Å². The second kappa shape index (κ2) is 4.80. The van der Waals surface area contributed by atoms with Crippen LogP contribution >= 0.6 is 0 Å². The monoisotopic (exact) mass is 186 g/mol. The lowest BCUT2D eigenvalue weighted by Gasteiger charge is -2.01. The van der Waals surface area contributed by atoms with E-state index in [4.69, 9.17) is 0 Å². The zero-order valence-corrected chi connectivity index (χ0v) is 9.30. The Bertz CT molecular complexity index is 436. The predicted molar refractivity (Wildman–Crippen MR) is 64.6 cm³/mol. The third kappa shape index (κ3) is 2.14. The average molecular weight is 186 g/mol. The molecule has 1 aromatic carbocycles. The molecule has 14 heavy (non-hydrogen) atoms. The third-order valence-corrected chi connectivity index (χ3v) is 2.52. The minimum Gasteiger partial charge on any atom is -0.0909 e. The lowest BCUT2D eigenvalue weighted by Crippen LogP contribution is -2.29. The molecule has 0 spiro atoms. The summed E-state index contributed by atoms with van der Waals surface area (Å²) in [5.74, 6) is 0. The number of hydrogen-bond donors (Lipinski definition) is 0. The molecule has 0 unspecified atom stereocenters. The number of rotatable bonds is 2. The Kier molecular flexibility index (Phi) is 3.70. The molecule has 0 bridgehead atoms. The van der Waals surface area contributed by atoms with Crippen molar-refractivity contribution >= 4 is 12.7 Å². The molecule has 0 aromatic heterocycles. The first kappa shape index (κ1) is 10.8. The Morgan fingerprint density at radius 1 is 1.36 bits per heavy atom. The summed E-state index contributed by atoms with van der Waals surface area (Å²) in [6.45, 7) is 10.4. The van der Waals surface area contributed by atoms with Crippen molar-refractivity contribution in [2.75, 3.05) is 0 Å². The SMILES string of the molecule is C=c1c(C)ccc(CC)/c1=C/C=C\C. The van der Waals surface area contributed by atoms with Crippen LogP contribution in [0.1, 0.15) is 25.0 Å². The van der Waals surface area contributed by atoms with E-state index in [1.165, 1.54) is 16.3 Å². The summed E-state index contributed by atoms with van der Waals surface area (Å²) < 4.78 is 0. The molecule has 0 aliphatic carbocycles. The summed E-state index contributed by atoms with van der Waals surface area (Å²) in [5.41, 5.74) is 2.64. The van der Waals surface area contributed by atoms with Gasteiger partial charge in [-0.2, -0.15) is 0 Å². The minimum absolute atomic E-state index is 1.06. The van der Waals surface area contributed by atoms with E-state index in [2.05, 4.69) is 44.7 Å². The van der Waals surface area contributed by atoms with Gasteiger partial charge in [0.2, 0.25) is 0 Å². The van der Waals surface area contributed by atoms with Gasteiger partial charge in [-0.1, -0.05) is 43.9 Å². The van der Waals surface area contributed by atoms with Crippen LogP contribution in [0.3, 0.4) is 0 Å². The molecule has 0 fully saturated rings. The normalized spacial score (nSPS) is 12.6. The standard InChI is InChI=1S/C14H18/c1-5-7-8-14-12(4)11(3)9-10-13(14)6-2/h5,7-10H,4,6H2,1-3H3/b7-5-,14-8+. The first-order valence-electron chi connectivity index (χ1n) is 5.11. The molecule has 0 N–H and O–H groups in total. The van der Waals surface area contributed by atoms with Crippen LogP contribution in [0.2, 0.25) is 0 Å². The fourth-order valence-corrected chi connectivity index (χ4v) is 1.53. The van der Waals surface area contributed by atoms with Crippen LogP contribution in [-0.2, 0) is 6.42 Å². The van der Waals surface area contributed by atoms with Crippen LogP contribution in [0.25, 0.3) is 12.7 Å². The molecule has 0 saturated heterocycles. The minimum atomic E-state index is 1.06. The van der Waals surface area contributed by atoms with Gasteiger partial charge in [0.05, 0.1) is 0 Å². The number of aryl methyl sites for hydroxylation is 2. The molecule has 0 nitrogen and oxygen atoms in total. The Balaban J connectivity index is 3.51. The van der Waals surface area contributed by atoms with Crippen molar-refractivity contribution in [3.63, 3.8) is 0 Å². The van der Waals surface area contributed by atoms with Crippen LogP contribution in [-0.4, -0.2) is 0 Å². The van der Waals surface area contributed by atoms with E-state index in [0.29, 0.717) is 0 Å². The van der Waals surface area contributed by atoms with Gasteiger partial charge >= 0.3 is 0 Å². The molecular weight excluding hydrogens is 168 g/mol. The zero-order valence-electron chi connectivity index (χ0n) is 9.30. The highest BCUT2D eigenvalue weighted by Gasteiger charge is 1.94. The molecular formula is C14H18. The van der Waals surface area contributed by atoms with Gasteiger partial charge in [0.1, 0.15) is 0 Å². The molecule has 0 heteroatoms. The van der Waals surface area contributed by atoms with E-state index in [9.17, 15) is 0 Å². The lowest BCUT2D eigenvalue weighted by atomic mass is 10.0. The molecule has 0 saturated carbocycles. The van der Waals surface area contributed by atoms with E-state index in [1.54, 1.807) is 0 Å². The fraction of sp³-hybridized carbons (Fsp3) is 0.286. The van der Waals surface area contributed by atoms with Crippen molar-refractivity contribution in [2.24, 2.45) is 0 Å². The lowest BCUT2D eigenvalue weighted by molar-refractivity contribution is 1.11. The van der Waals surface area contributed by atoms with Crippen molar-refractivity contribution in [3.8, 4) is 0 Å². The Morgan fingerprint density at radius 3 is 2.64 bits per heavy atom. The van der Waals surface area contributed by atoms with Crippen molar-refractivity contribution in [1.29, 1.82) is 0 Å². The molecule has 1 rings (SSSR count). The van der Waals surface area contributed by atoms with Crippen molar-refractivity contribution in [3.05, 3.63) is 45.8 Å².